The normalized spacial score (nSPS) is 10.2. The molecule has 0 aliphatic heterocycles. The lowest BCUT2D eigenvalue weighted by Crippen LogP contribution is -2.02. The van der Waals surface area contributed by atoms with Crippen molar-refractivity contribution >= 4 is 5.78 Å². The number of aromatic hydroxyl groups is 3. The van der Waals surface area contributed by atoms with Crippen LogP contribution in [0.1, 0.15) is 15.9 Å². The van der Waals surface area contributed by atoms with Gasteiger partial charge in [0.05, 0.1) is 12.7 Å². The molecule has 0 aromatic heterocycles. The Morgan fingerprint density at radius 1 is 1.00 bits per heavy atom. The molecule has 0 saturated heterocycles. The Kier molecular flexibility index (Phi) is 3.29. The maximum absolute atomic E-state index is 12.2. The number of carbonyl (C=O) groups excluding carboxylic acids is 1. The van der Waals surface area contributed by atoms with Crippen molar-refractivity contribution in [3.8, 4) is 23.0 Å². The summed E-state index contributed by atoms with van der Waals surface area (Å²) < 4.78 is 4.91. The number of phenols is 3. The standard InChI is InChI=1S/C14H12O5/c1-19-13-6-8(2-4-12(13)17)14(18)10-7-9(15)3-5-11(10)16/h2-7,15-17H,1H3. The van der Waals surface area contributed by atoms with Gasteiger partial charge >= 0.3 is 0 Å². The van der Waals surface area contributed by atoms with Crippen LogP contribution in [0.2, 0.25) is 0 Å². The highest BCUT2D eigenvalue weighted by Gasteiger charge is 2.16. The fraction of sp³-hybridized carbons (Fsp3) is 0.0714. The largest absolute Gasteiger partial charge is 0.508 e. The van der Waals surface area contributed by atoms with Gasteiger partial charge in [-0.3, -0.25) is 4.79 Å². The molecule has 0 bridgehead atoms. The molecule has 98 valence electrons. The fourth-order valence-corrected chi connectivity index (χ4v) is 1.68. The summed E-state index contributed by atoms with van der Waals surface area (Å²) >= 11 is 0. The molecule has 0 saturated carbocycles. The van der Waals surface area contributed by atoms with E-state index in [9.17, 15) is 20.1 Å². The molecular formula is C14H12O5. The zero-order valence-electron chi connectivity index (χ0n) is 10.1. The summed E-state index contributed by atoms with van der Waals surface area (Å²) in [6.07, 6.45) is 0. The van der Waals surface area contributed by atoms with E-state index >= 15 is 0 Å². The topological polar surface area (TPSA) is 87.0 Å². The van der Waals surface area contributed by atoms with Crippen LogP contribution in [0.25, 0.3) is 0 Å². The van der Waals surface area contributed by atoms with Crippen LogP contribution < -0.4 is 4.74 Å². The van der Waals surface area contributed by atoms with Crippen molar-refractivity contribution in [2.24, 2.45) is 0 Å². The Balaban J connectivity index is 2.47. The number of ketones is 1. The minimum absolute atomic E-state index is 0.0206. The van der Waals surface area contributed by atoms with Crippen molar-refractivity contribution in [3.63, 3.8) is 0 Å². The highest BCUT2D eigenvalue weighted by Crippen LogP contribution is 2.30. The minimum Gasteiger partial charge on any atom is -0.508 e. The number of phenolic OH excluding ortho intramolecular Hbond substituents is 3. The van der Waals surface area contributed by atoms with Crippen molar-refractivity contribution in [2.45, 2.75) is 0 Å². The quantitative estimate of drug-likeness (QED) is 0.580. The lowest BCUT2D eigenvalue weighted by Gasteiger charge is -2.07. The number of benzene rings is 2. The van der Waals surface area contributed by atoms with Crippen LogP contribution in [0.15, 0.2) is 36.4 Å². The van der Waals surface area contributed by atoms with E-state index in [1.807, 2.05) is 0 Å². The van der Waals surface area contributed by atoms with Crippen LogP contribution >= 0.6 is 0 Å². The average molecular weight is 260 g/mol. The molecule has 0 radical (unpaired) electrons. The van der Waals surface area contributed by atoms with Crippen LogP contribution in [-0.2, 0) is 0 Å². The predicted molar refractivity (Wildman–Crippen MR) is 67.9 cm³/mol. The molecule has 0 heterocycles. The first-order valence-electron chi connectivity index (χ1n) is 5.46. The fourth-order valence-electron chi connectivity index (χ4n) is 1.68. The van der Waals surface area contributed by atoms with Gasteiger partial charge in [0.1, 0.15) is 11.5 Å². The van der Waals surface area contributed by atoms with Crippen LogP contribution in [0.3, 0.4) is 0 Å². The van der Waals surface area contributed by atoms with E-state index < -0.39 is 5.78 Å². The van der Waals surface area contributed by atoms with Gasteiger partial charge < -0.3 is 20.1 Å². The molecule has 2 aromatic carbocycles. The number of carbonyl (C=O) groups is 1. The summed E-state index contributed by atoms with van der Waals surface area (Å²) in [7, 11) is 1.37. The number of ether oxygens (including phenoxy) is 1. The molecule has 0 fully saturated rings. The number of methoxy groups -OCH3 is 1. The van der Waals surface area contributed by atoms with Crippen LogP contribution in [0.5, 0.6) is 23.0 Å². The molecule has 2 aromatic rings. The van der Waals surface area contributed by atoms with Crippen LogP contribution in [0.4, 0.5) is 0 Å². The SMILES string of the molecule is COc1cc(C(=O)c2cc(O)ccc2O)ccc1O. The Bertz CT molecular complexity index is 634. The van der Waals surface area contributed by atoms with Gasteiger partial charge in [-0.2, -0.15) is 0 Å². The molecule has 0 aliphatic carbocycles. The minimum atomic E-state index is -0.480. The van der Waals surface area contributed by atoms with E-state index in [2.05, 4.69) is 0 Å². The van der Waals surface area contributed by atoms with Crippen molar-refractivity contribution in [2.75, 3.05) is 7.11 Å². The van der Waals surface area contributed by atoms with E-state index in [1.54, 1.807) is 0 Å². The first-order chi connectivity index (χ1) is 9.02. The van der Waals surface area contributed by atoms with E-state index in [0.29, 0.717) is 0 Å². The molecule has 5 nitrogen and oxygen atoms in total. The van der Waals surface area contributed by atoms with E-state index in [0.717, 1.165) is 0 Å². The van der Waals surface area contributed by atoms with Crippen molar-refractivity contribution in [1.82, 2.24) is 0 Å². The van der Waals surface area contributed by atoms with Crippen molar-refractivity contribution < 1.29 is 24.9 Å². The summed E-state index contributed by atoms with van der Waals surface area (Å²) in [5.41, 5.74) is 0.211. The van der Waals surface area contributed by atoms with Crippen molar-refractivity contribution in [1.29, 1.82) is 0 Å². The van der Waals surface area contributed by atoms with Gasteiger partial charge in [-0.05, 0) is 36.4 Å². The van der Waals surface area contributed by atoms with Gasteiger partial charge in [0.2, 0.25) is 0 Å². The van der Waals surface area contributed by atoms with Gasteiger partial charge in [0.15, 0.2) is 17.3 Å². The number of hydrogen-bond acceptors (Lipinski definition) is 5. The Hall–Kier alpha value is -2.69. The average Bonchev–Trinajstić information content (AvgIpc) is 2.41. The predicted octanol–water partition coefficient (Wildman–Crippen LogP) is 2.04. The Morgan fingerprint density at radius 3 is 2.37 bits per heavy atom. The summed E-state index contributed by atoms with van der Waals surface area (Å²) in [5, 5.41) is 28.4. The molecule has 19 heavy (non-hydrogen) atoms. The first kappa shape index (κ1) is 12.8. The lowest BCUT2D eigenvalue weighted by molar-refractivity contribution is 0.103. The Labute approximate surface area is 109 Å². The summed E-state index contributed by atoms with van der Waals surface area (Å²) in [6, 6.07) is 7.79. The second kappa shape index (κ2) is 4.89. The molecule has 3 N–H and O–H groups in total. The number of hydrogen-bond donors (Lipinski definition) is 3. The third-order valence-corrected chi connectivity index (χ3v) is 2.67. The maximum Gasteiger partial charge on any atom is 0.197 e. The first-order valence-corrected chi connectivity index (χ1v) is 5.46. The molecular weight excluding hydrogens is 248 g/mol. The van der Waals surface area contributed by atoms with Gasteiger partial charge in [-0.15, -0.1) is 0 Å². The maximum atomic E-state index is 12.2. The molecule has 5 heteroatoms. The van der Waals surface area contributed by atoms with E-state index in [4.69, 9.17) is 4.74 Å². The Morgan fingerprint density at radius 2 is 1.68 bits per heavy atom. The third kappa shape index (κ3) is 2.44. The third-order valence-electron chi connectivity index (χ3n) is 2.67. The zero-order chi connectivity index (χ0) is 14.0. The lowest BCUT2D eigenvalue weighted by atomic mass is 10.0. The molecule has 0 atom stereocenters. The van der Waals surface area contributed by atoms with E-state index in [1.165, 1.54) is 43.5 Å². The second-order valence-electron chi connectivity index (χ2n) is 3.92. The molecule has 0 amide bonds. The number of rotatable bonds is 3. The summed E-state index contributed by atoms with van der Waals surface area (Å²) in [6.45, 7) is 0. The van der Waals surface area contributed by atoms with Crippen LogP contribution in [0, 0.1) is 0 Å². The summed E-state index contributed by atoms with van der Waals surface area (Å²) in [5.74, 6) is -0.752. The van der Waals surface area contributed by atoms with Crippen molar-refractivity contribution in [3.05, 3.63) is 47.5 Å². The second-order valence-corrected chi connectivity index (χ2v) is 3.92. The highest BCUT2D eigenvalue weighted by molar-refractivity contribution is 6.11. The molecule has 0 spiro atoms. The highest BCUT2D eigenvalue weighted by atomic mass is 16.5. The molecule has 0 aliphatic rings. The molecule has 0 unspecified atom stereocenters. The monoisotopic (exact) mass is 260 g/mol. The van der Waals surface area contributed by atoms with Gasteiger partial charge in [0, 0.05) is 5.56 Å². The molecule has 2 rings (SSSR count). The summed E-state index contributed by atoms with van der Waals surface area (Å²) in [4.78, 5) is 12.2. The van der Waals surface area contributed by atoms with Gasteiger partial charge in [-0.1, -0.05) is 0 Å². The van der Waals surface area contributed by atoms with Gasteiger partial charge in [-0.25, -0.2) is 0 Å². The van der Waals surface area contributed by atoms with Crippen LogP contribution in [-0.4, -0.2) is 28.2 Å². The smallest absolute Gasteiger partial charge is 0.197 e. The van der Waals surface area contributed by atoms with E-state index in [-0.39, 0.29) is 34.1 Å². The zero-order valence-corrected chi connectivity index (χ0v) is 10.1. The van der Waals surface area contributed by atoms with Gasteiger partial charge in [0.25, 0.3) is 0 Å².